The number of amides is 3. The van der Waals surface area contributed by atoms with Gasteiger partial charge < -0.3 is 24.8 Å². The van der Waals surface area contributed by atoms with E-state index in [4.69, 9.17) is 37.4 Å². The minimum Gasteiger partial charge on any atom is -0.391 e. The summed E-state index contributed by atoms with van der Waals surface area (Å²) in [5.74, 6) is -2.50. The summed E-state index contributed by atoms with van der Waals surface area (Å²) in [5, 5.41) is 23.1. The summed E-state index contributed by atoms with van der Waals surface area (Å²) in [6.45, 7) is 12.3. The molecule has 3 atom stereocenters. The van der Waals surface area contributed by atoms with Gasteiger partial charge in [-0.3, -0.25) is 23.9 Å². The number of nitrogens with one attached hydrogen (secondary N) is 2. The predicted molar refractivity (Wildman–Crippen MR) is 216 cm³/mol. The summed E-state index contributed by atoms with van der Waals surface area (Å²) < 4.78 is 27.4. The fourth-order valence-corrected chi connectivity index (χ4v) is 6.97. The Kier molecular flexibility index (Phi) is 13.1. The number of hydrogen-bond acceptors (Lipinski definition) is 9. The number of anilines is 2. The van der Waals surface area contributed by atoms with E-state index in [0.717, 1.165) is 0 Å². The SMILES string of the molecule is CC(C)(C)O.CC(C)(C)OPOCC(NC(=O)c1cnc2n1[C@](C)(Cc1ccc(C#N)cc1)C(=O)N2c1cc(Cl)c(F)c(Cl)c1)C(=O)NC1(c2ccccn2)CC1. The number of halogens is 3. The molecule has 2 aromatic heterocycles. The molecular formula is C40H45Cl2FN7O6P. The van der Waals surface area contributed by atoms with Gasteiger partial charge in [0, 0.05) is 12.6 Å². The highest BCUT2D eigenvalue weighted by molar-refractivity contribution is 7.26. The number of pyridine rings is 1. The number of aliphatic hydroxyl groups is 1. The first-order valence-corrected chi connectivity index (χ1v) is 19.6. The molecule has 302 valence electrons. The van der Waals surface area contributed by atoms with E-state index in [-0.39, 0.29) is 40.4 Å². The van der Waals surface area contributed by atoms with Crippen molar-refractivity contribution < 1.29 is 32.9 Å². The van der Waals surface area contributed by atoms with Crippen molar-refractivity contribution in [3.8, 4) is 6.07 Å². The summed E-state index contributed by atoms with van der Waals surface area (Å²) in [5.41, 5.74) is -1.20. The first-order valence-electron chi connectivity index (χ1n) is 18.0. The smallest absolute Gasteiger partial charge is 0.270 e. The van der Waals surface area contributed by atoms with Gasteiger partial charge in [0.2, 0.25) is 11.9 Å². The van der Waals surface area contributed by atoms with Gasteiger partial charge in [-0.1, -0.05) is 41.4 Å². The zero-order chi connectivity index (χ0) is 41.9. The summed E-state index contributed by atoms with van der Waals surface area (Å²) in [7, 11) is -0.413. The van der Waals surface area contributed by atoms with Crippen molar-refractivity contribution in [3.05, 3.63) is 105 Å². The van der Waals surface area contributed by atoms with Gasteiger partial charge in [-0.15, -0.1) is 0 Å². The van der Waals surface area contributed by atoms with Crippen LogP contribution >= 0.6 is 32.2 Å². The number of rotatable bonds is 12. The topological polar surface area (TPSA) is 172 Å². The van der Waals surface area contributed by atoms with Gasteiger partial charge in [0.25, 0.3) is 11.8 Å². The van der Waals surface area contributed by atoms with Crippen LogP contribution in [0.15, 0.2) is 67.0 Å². The van der Waals surface area contributed by atoms with Crippen LogP contribution in [0.5, 0.6) is 0 Å². The van der Waals surface area contributed by atoms with E-state index in [1.165, 1.54) is 27.8 Å². The van der Waals surface area contributed by atoms with Gasteiger partial charge in [0.15, 0.2) is 14.9 Å². The molecule has 57 heavy (non-hydrogen) atoms. The number of fused-ring (bicyclic) bond motifs is 1. The first-order chi connectivity index (χ1) is 26.7. The maximum absolute atomic E-state index is 14.4. The average molecular weight is 841 g/mol. The molecule has 2 aromatic carbocycles. The van der Waals surface area contributed by atoms with Gasteiger partial charge in [0.05, 0.1) is 62.6 Å². The molecule has 3 heterocycles. The Hall–Kier alpha value is -4.48. The first kappa shape index (κ1) is 43.6. The molecule has 1 fully saturated rings. The molecular weight excluding hydrogens is 795 g/mol. The molecule has 1 aliphatic carbocycles. The fraction of sp³-hybridized carbons (Fsp3) is 0.400. The molecule has 0 bridgehead atoms. The van der Waals surface area contributed by atoms with Crippen molar-refractivity contribution in [2.45, 2.75) is 96.1 Å². The molecule has 2 aliphatic rings. The molecule has 0 saturated heterocycles. The molecule has 1 aliphatic heterocycles. The Morgan fingerprint density at radius 3 is 2.25 bits per heavy atom. The maximum atomic E-state index is 14.4. The van der Waals surface area contributed by atoms with Crippen molar-refractivity contribution in [1.82, 2.24) is 25.2 Å². The second-order valence-electron chi connectivity index (χ2n) is 16.0. The van der Waals surface area contributed by atoms with Crippen molar-refractivity contribution in [1.29, 1.82) is 5.26 Å². The minimum atomic E-state index is -1.47. The minimum absolute atomic E-state index is 0.0293. The average Bonchev–Trinajstić information content (AvgIpc) is 3.72. The molecule has 0 spiro atoms. The van der Waals surface area contributed by atoms with Gasteiger partial charge in [-0.25, -0.2) is 14.3 Å². The van der Waals surface area contributed by atoms with Crippen LogP contribution in [0.25, 0.3) is 0 Å². The number of aromatic nitrogens is 3. The largest absolute Gasteiger partial charge is 0.391 e. The fourth-order valence-electron chi connectivity index (χ4n) is 5.95. The number of nitriles is 1. The summed E-state index contributed by atoms with van der Waals surface area (Å²) in [4.78, 5) is 52.7. The third-order valence-electron chi connectivity index (χ3n) is 8.74. The Morgan fingerprint density at radius 2 is 1.70 bits per heavy atom. The molecule has 6 rings (SSSR count). The van der Waals surface area contributed by atoms with E-state index in [1.807, 2.05) is 32.9 Å². The predicted octanol–water partition coefficient (Wildman–Crippen LogP) is 7.25. The third kappa shape index (κ3) is 10.5. The van der Waals surface area contributed by atoms with Crippen LogP contribution in [0.1, 0.15) is 88.6 Å². The van der Waals surface area contributed by atoms with Crippen LogP contribution in [0.3, 0.4) is 0 Å². The van der Waals surface area contributed by atoms with E-state index in [0.29, 0.717) is 29.7 Å². The number of carbonyl (C=O) groups is 3. The van der Waals surface area contributed by atoms with Crippen LogP contribution in [-0.4, -0.2) is 61.2 Å². The van der Waals surface area contributed by atoms with Crippen LogP contribution in [-0.2, 0) is 36.1 Å². The number of benzene rings is 2. The van der Waals surface area contributed by atoms with Gasteiger partial charge >= 0.3 is 0 Å². The second-order valence-corrected chi connectivity index (χ2v) is 17.5. The highest BCUT2D eigenvalue weighted by atomic mass is 35.5. The molecule has 2 unspecified atom stereocenters. The lowest BCUT2D eigenvalue weighted by Crippen LogP contribution is -2.52. The van der Waals surface area contributed by atoms with Crippen LogP contribution in [0, 0.1) is 17.1 Å². The number of nitrogens with zero attached hydrogens (tertiary/aromatic N) is 5. The zero-order valence-corrected chi connectivity index (χ0v) is 35.1. The van der Waals surface area contributed by atoms with Crippen molar-refractivity contribution in [2.75, 3.05) is 11.5 Å². The number of imidazole rings is 1. The molecule has 4 aromatic rings. The molecule has 0 radical (unpaired) electrons. The van der Waals surface area contributed by atoms with E-state index < -0.39 is 60.9 Å². The maximum Gasteiger partial charge on any atom is 0.270 e. The van der Waals surface area contributed by atoms with Crippen molar-refractivity contribution >= 4 is 61.6 Å². The molecule has 3 amide bonds. The lowest BCUT2D eigenvalue weighted by Gasteiger charge is -2.27. The highest BCUT2D eigenvalue weighted by Crippen LogP contribution is 2.45. The van der Waals surface area contributed by atoms with E-state index in [9.17, 15) is 24.0 Å². The van der Waals surface area contributed by atoms with E-state index in [2.05, 4.69) is 26.7 Å². The van der Waals surface area contributed by atoms with Crippen LogP contribution < -0.4 is 15.5 Å². The number of carbonyl (C=O) groups excluding carboxylic acids is 3. The number of hydrogen-bond donors (Lipinski definition) is 3. The lowest BCUT2D eigenvalue weighted by atomic mass is 9.91. The quantitative estimate of drug-likeness (QED) is 0.0755. The highest BCUT2D eigenvalue weighted by Gasteiger charge is 2.52. The Bertz CT molecular complexity index is 2140. The summed E-state index contributed by atoms with van der Waals surface area (Å²) in [6.07, 6.45) is 4.37. The van der Waals surface area contributed by atoms with Crippen molar-refractivity contribution in [3.63, 3.8) is 0 Å². The second kappa shape index (κ2) is 17.2. The third-order valence-corrected chi connectivity index (χ3v) is 10.3. The summed E-state index contributed by atoms with van der Waals surface area (Å²) in [6, 6.07) is 15.6. The van der Waals surface area contributed by atoms with Crippen LogP contribution in [0.4, 0.5) is 16.0 Å². The van der Waals surface area contributed by atoms with Gasteiger partial charge in [-0.2, -0.15) is 5.26 Å². The normalized spacial score (nSPS) is 17.7. The molecule has 3 N–H and O–H groups in total. The molecule has 13 nitrogen and oxygen atoms in total. The molecule has 1 saturated carbocycles. The Morgan fingerprint density at radius 1 is 1.07 bits per heavy atom. The Labute approximate surface area is 342 Å². The lowest BCUT2D eigenvalue weighted by molar-refractivity contribution is -0.125. The molecule has 17 heteroatoms. The Balaban J connectivity index is 0.00000117. The van der Waals surface area contributed by atoms with Crippen LogP contribution in [0.2, 0.25) is 10.0 Å². The standard InChI is InChI=1S/C36H35Cl2FN7O5P.C4H10O/c1-34(2,3)51-52-50-20-26(30(47)44-36(12-13-36)28-7-5-6-14-41-28)43-31(48)27-19-42-33-45(23-15-24(37)29(39)25(38)16-23)32(49)35(4,46(27)33)17-21-8-10-22(18-40)11-9-21;1-4(2,3)5/h5-11,14-16,19,26,52H,12-13,17,20H2,1-4H3,(H,43,48)(H,44,47);5H,1-3H3/t26?,35-;/m1./s1. The van der Waals surface area contributed by atoms with E-state index >= 15 is 0 Å². The van der Waals surface area contributed by atoms with Gasteiger partial charge in [-0.05, 0) is 103 Å². The zero-order valence-electron chi connectivity index (χ0n) is 32.6. The summed E-state index contributed by atoms with van der Waals surface area (Å²) >= 11 is 12.3. The monoisotopic (exact) mass is 839 g/mol. The van der Waals surface area contributed by atoms with Gasteiger partial charge in [0.1, 0.15) is 17.3 Å². The van der Waals surface area contributed by atoms with Crippen molar-refractivity contribution in [2.24, 2.45) is 0 Å². The van der Waals surface area contributed by atoms with E-state index in [1.54, 1.807) is 64.2 Å².